The molecule has 11 heteroatoms. The number of H-pyrrole nitrogens is 1. The van der Waals surface area contributed by atoms with Crippen LogP contribution in [0.2, 0.25) is 0 Å². The molecule has 0 radical (unpaired) electrons. The zero-order valence-corrected chi connectivity index (χ0v) is 11.5. The Kier molecular flexibility index (Phi) is 3.34. The molecule has 19 heavy (non-hydrogen) atoms. The van der Waals surface area contributed by atoms with Crippen molar-refractivity contribution in [1.29, 1.82) is 0 Å². The second kappa shape index (κ2) is 4.68. The number of nitrogens with one attached hydrogen (secondary N) is 1. The quantitative estimate of drug-likeness (QED) is 0.619. The van der Waals surface area contributed by atoms with Gasteiger partial charge in [-0.05, 0) is 6.07 Å². The van der Waals surface area contributed by atoms with Crippen molar-refractivity contribution in [3.63, 3.8) is 0 Å². The van der Waals surface area contributed by atoms with Crippen molar-refractivity contribution in [1.82, 2.24) is 15.2 Å². The molecule has 2 rings (SSSR count). The van der Waals surface area contributed by atoms with Crippen molar-refractivity contribution in [2.45, 2.75) is 5.16 Å². The second-order valence-corrected chi connectivity index (χ2v) is 5.86. The van der Waals surface area contributed by atoms with E-state index in [-0.39, 0.29) is 17.1 Å². The first kappa shape index (κ1) is 13.6. The van der Waals surface area contributed by atoms with Crippen molar-refractivity contribution >= 4 is 31.6 Å². The van der Waals surface area contributed by atoms with Crippen molar-refractivity contribution in [2.75, 3.05) is 0 Å². The van der Waals surface area contributed by atoms with Gasteiger partial charge in [0.2, 0.25) is 0 Å². The van der Waals surface area contributed by atoms with E-state index >= 15 is 0 Å². The topological polar surface area (TPSA) is 145 Å². The summed E-state index contributed by atoms with van der Waals surface area (Å²) in [6.07, 6.45) is 0. The molecular weight excluding hydrogens is 342 g/mol. The van der Waals surface area contributed by atoms with Gasteiger partial charge in [0.25, 0.3) is 20.9 Å². The summed E-state index contributed by atoms with van der Waals surface area (Å²) in [6.45, 7) is 0. The minimum absolute atomic E-state index is 0.00609. The van der Waals surface area contributed by atoms with Crippen LogP contribution in [0.1, 0.15) is 0 Å². The molecule has 100 valence electrons. The Morgan fingerprint density at radius 1 is 1.37 bits per heavy atom. The monoisotopic (exact) mass is 347 g/mol. The highest BCUT2D eigenvalue weighted by Crippen LogP contribution is 2.26. The predicted octanol–water partition coefficient (Wildman–Crippen LogP) is 0.790. The van der Waals surface area contributed by atoms with Crippen molar-refractivity contribution in [3.05, 3.63) is 32.8 Å². The van der Waals surface area contributed by atoms with Crippen LogP contribution in [0.25, 0.3) is 11.4 Å². The van der Waals surface area contributed by atoms with Crippen molar-refractivity contribution < 1.29 is 13.3 Å². The maximum atomic E-state index is 11.0. The van der Waals surface area contributed by atoms with Crippen LogP contribution in [0.4, 0.5) is 5.69 Å². The first-order valence-electron chi connectivity index (χ1n) is 4.68. The van der Waals surface area contributed by atoms with Crippen molar-refractivity contribution in [2.24, 2.45) is 5.14 Å². The molecule has 0 atom stereocenters. The number of non-ortho nitro benzene ring substituents is 1. The number of rotatable bonds is 3. The summed E-state index contributed by atoms with van der Waals surface area (Å²) in [7, 11) is -4.00. The van der Waals surface area contributed by atoms with Crippen LogP contribution >= 0.6 is 15.9 Å². The van der Waals surface area contributed by atoms with Gasteiger partial charge in [-0.1, -0.05) is 15.9 Å². The van der Waals surface area contributed by atoms with Gasteiger partial charge in [-0.25, -0.2) is 18.7 Å². The smallest absolute Gasteiger partial charge is 0.258 e. The van der Waals surface area contributed by atoms with Crippen LogP contribution in [0.5, 0.6) is 0 Å². The standard InChI is InChI=1S/C8H6BrN5O4S/c9-5-1-4(2-6(3-5)14(15)16)7-11-8(13-12-7)19(10,17)18/h1-3H,(H2,10,17,18)(H,11,12,13). The van der Waals surface area contributed by atoms with Gasteiger partial charge >= 0.3 is 0 Å². The zero-order chi connectivity index (χ0) is 14.2. The third kappa shape index (κ3) is 2.94. The van der Waals surface area contributed by atoms with Crippen LogP contribution in [0.3, 0.4) is 0 Å². The first-order valence-corrected chi connectivity index (χ1v) is 7.02. The molecule has 2 aromatic rings. The lowest BCUT2D eigenvalue weighted by Crippen LogP contribution is -2.13. The van der Waals surface area contributed by atoms with Crippen LogP contribution in [-0.2, 0) is 10.0 Å². The maximum Gasteiger partial charge on any atom is 0.273 e. The summed E-state index contributed by atoms with van der Waals surface area (Å²) in [5, 5.41) is 20.9. The third-order valence-corrected chi connectivity index (χ3v) is 3.27. The summed E-state index contributed by atoms with van der Waals surface area (Å²) in [6, 6.07) is 4.04. The van der Waals surface area contributed by atoms with Gasteiger partial charge in [0.15, 0.2) is 5.82 Å². The molecule has 3 N–H and O–H groups in total. The normalized spacial score (nSPS) is 11.5. The summed E-state index contributed by atoms with van der Waals surface area (Å²) in [5.74, 6) is -0.00609. The Morgan fingerprint density at radius 2 is 2.05 bits per heavy atom. The van der Waals surface area contributed by atoms with Crippen LogP contribution in [0.15, 0.2) is 27.8 Å². The summed E-state index contributed by atoms with van der Waals surface area (Å²) in [5.41, 5.74) is 0.110. The maximum absolute atomic E-state index is 11.0. The molecule has 0 spiro atoms. The van der Waals surface area contributed by atoms with Crippen LogP contribution in [0, 0.1) is 10.1 Å². The molecule has 0 saturated heterocycles. The van der Waals surface area contributed by atoms with E-state index < -0.39 is 20.1 Å². The number of hydrogen-bond acceptors (Lipinski definition) is 6. The van der Waals surface area contributed by atoms with Gasteiger partial charge in [-0.15, -0.1) is 0 Å². The highest BCUT2D eigenvalue weighted by molar-refractivity contribution is 9.10. The third-order valence-electron chi connectivity index (χ3n) is 2.09. The fourth-order valence-corrected chi connectivity index (χ4v) is 2.18. The number of halogens is 1. The molecule has 1 aromatic heterocycles. The Labute approximate surface area is 115 Å². The van der Waals surface area contributed by atoms with Gasteiger partial charge in [0.05, 0.1) is 4.92 Å². The molecule has 9 nitrogen and oxygen atoms in total. The highest BCUT2D eigenvalue weighted by Gasteiger charge is 2.17. The van der Waals surface area contributed by atoms with Crippen LogP contribution < -0.4 is 5.14 Å². The van der Waals surface area contributed by atoms with Gasteiger partial charge in [0.1, 0.15) is 0 Å². The van der Waals surface area contributed by atoms with E-state index in [9.17, 15) is 18.5 Å². The fraction of sp³-hybridized carbons (Fsp3) is 0. The average Bonchev–Trinajstić information content (AvgIpc) is 2.76. The Balaban J connectivity index is 2.53. The van der Waals surface area contributed by atoms with E-state index in [4.69, 9.17) is 5.14 Å². The number of aromatic amines is 1. The minimum atomic E-state index is -4.00. The number of primary sulfonamides is 1. The van der Waals surface area contributed by atoms with E-state index in [1.54, 1.807) is 0 Å². The van der Waals surface area contributed by atoms with Crippen molar-refractivity contribution in [3.8, 4) is 11.4 Å². The number of nitrogens with zero attached hydrogens (tertiary/aromatic N) is 3. The van der Waals surface area contributed by atoms with E-state index in [1.807, 2.05) is 0 Å². The SMILES string of the molecule is NS(=O)(=O)c1nc(-c2cc(Br)cc([N+](=O)[O-])c2)n[nH]1. The first-order chi connectivity index (χ1) is 8.77. The number of nitro groups is 1. The van der Waals surface area contributed by atoms with Gasteiger partial charge in [0, 0.05) is 22.2 Å². The van der Waals surface area contributed by atoms with E-state index in [0.717, 1.165) is 0 Å². The Bertz CT molecular complexity index is 756. The van der Waals surface area contributed by atoms with Gasteiger partial charge < -0.3 is 0 Å². The minimum Gasteiger partial charge on any atom is -0.258 e. The summed E-state index contributed by atoms with van der Waals surface area (Å²) >= 11 is 3.11. The number of hydrogen-bond donors (Lipinski definition) is 2. The summed E-state index contributed by atoms with van der Waals surface area (Å²) in [4.78, 5) is 13.8. The van der Waals surface area contributed by atoms with Crippen LogP contribution in [-0.4, -0.2) is 28.5 Å². The molecule has 0 bridgehead atoms. The number of sulfonamides is 1. The van der Waals surface area contributed by atoms with Gasteiger partial charge in [-0.2, -0.15) is 10.1 Å². The van der Waals surface area contributed by atoms with E-state index in [1.165, 1.54) is 18.2 Å². The lowest BCUT2D eigenvalue weighted by Gasteiger charge is -1.97. The molecule has 0 fully saturated rings. The average molecular weight is 348 g/mol. The van der Waals surface area contributed by atoms with E-state index in [0.29, 0.717) is 4.47 Å². The molecule has 0 saturated carbocycles. The fourth-order valence-electron chi connectivity index (χ4n) is 1.31. The zero-order valence-electron chi connectivity index (χ0n) is 9.07. The Hall–Kier alpha value is -1.85. The number of benzene rings is 1. The number of aromatic nitrogens is 3. The molecule has 0 amide bonds. The lowest BCUT2D eigenvalue weighted by atomic mass is 10.2. The molecule has 1 heterocycles. The molecule has 0 aliphatic rings. The lowest BCUT2D eigenvalue weighted by molar-refractivity contribution is -0.384. The second-order valence-electron chi connectivity index (χ2n) is 3.46. The number of nitro benzene ring substituents is 1. The summed E-state index contributed by atoms with van der Waals surface area (Å²) < 4.78 is 22.5. The highest BCUT2D eigenvalue weighted by atomic mass is 79.9. The largest absolute Gasteiger partial charge is 0.273 e. The molecule has 0 unspecified atom stereocenters. The molecule has 0 aliphatic carbocycles. The molecule has 0 aliphatic heterocycles. The molecule has 1 aromatic carbocycles. The van der Waals surface area contributed by atoms with E-state index in [2.05, 4.69) is 31.1 Å². The number of nitrogens with two attached hydrogens (primary N) is 1. The molecular formula is C8H6BrN5O4S. The predicted molar refractivity (Wildman–Crippen MR) is 67.5 cm³/mol. The Morgan fingerprint density at radius 3 is 2.58 bits per heavy atom. The van der Waals surface area contributed by atoms with Gasteiger partial charge in [-0.3, -0.25) is 10.1 Å².